The molecule has 8 heteroatoms. The van der Waals surface area contributed by atoms with Gasteiger partial charge in [0.05, 0.1) is 21.8 Å². The highest BCUT2D eigenvalue weighted by atomic mass is 32.1. The summed E-state index contributed by atoms with van der Waals surface area (Å²) < 4.78 is 17.0. The summed E-state index contributed by atoms with van der Waals surface area (Å²) in [5, 5.41) is 14.1. The Morgan fingerprint density at radius 2 is 2.00 bits per heavy atom. The van der Waals surface area contributed by atoms with E-state index in [9.17, 15) is 9.18 Å². The van der Waals surface area contributed by atoms with E-state index in [2.05, 4.69) is 41.0 Å². The summed E-state index contributed by atoms with van der Waals surface area (Å²) in [4.78, 5) is 19.8. The number of carboxylic acids is 1. The van der Waals surface area contributed by atoms with Gasteiger partial charge in [0, 0.05) is 5.56 Å². The van der Waals surface area contributed by atoms with Crippen molar-refractivity contribution < 1.29 is 14.3 Å². The number of rotatable bonds is 7. The third-order valence-electron chi connectivity index (χ3n) is 5.42. The highest BCUT2D eigenvalue weighted by Gasteiger charge is 2.24. The summed E-state index contributed by atoms with van der Waals surface area (Å²) in [6.07, 6.45) is 5.33. The van der Waals surface area contributed by atoms with Gasteiger partial charge in [-0.2, -0.15) is 5.10 Å². The van der Waals surface area contributed by atoms with Crippen LogP contribution in [0.2, 0.25) is 0 Å². The monoisotopic (exact) mass is 424 g/mol. The summed E-state index contributed by atoms with van der Waals surface area (Å²) in [5.41, 5.74) is 2.17. The van der Waals surface area contributed by atoms with Crippen molar-refractivity contribution in [1.29, 1.82) is 0 Å². The fourth-order valence-corrected chi connectivity index (χ4v) is 4.82. The fraction of sp³-hybridized carbons (Fsp3) is 0.273. The Morgan fingerprint density at radius 3 is 2.63 bits per heavy atom. The second-order valence-electron chi connectivity index (χ2n) is 7.14. The van der Waals surface area contributed by atoms with Crippen LogP contribution >= 0.6 is 11.3 Å². The summed E-state index contributed by atoms with van der Waals surface area (Å²) in [6, 6.07) is 10.3. The van der Waals surface area contributed by atoms with Crippen molar-refractivity contribution in [3.05, 3.63) is 66.0 Å². The lowest BCUT2D eigenvalue weighted by Gasteiger charge is -2.25. The third kappa shape index (κ3) is 3.70. The zero-order chi connectivity index (χ0) is 21.3. The molecule has 2 heterocycles. The first-order valence-electron chi connectivity index (χ1n) is 9.79. The number of hydrogen-bond donors (Lipinski definition) is 1. The van der Waals surface area contributed by atoms with Gasteiger partial charge in [-0.25, -0.2) is 23.8 Å². The molecule has 1 N–H and O–H groups in total. The lowest BCUT2D eigenvalue weighted by molar-refractivity contribution is 0.0692. The lowest BCUT2D eigenvalue weighted by atomic mass is 9.89. The number of fused-ring (bicyclic) bond motifs is 1. The molecule has 1 unspecified atom stereocenters. The molecule has 0 aliphatic heterocycles. The van der Waals surface area contributed by atoms with Gasteiger partial charge in [0.15, 0.2) is 0 Å². The number of aromatic carboxylic acids is 1. The van der Waals surface area contributed by atoms with Gasteiger partial charge in [-0.15, -0.1) is 11.3 Å². The topological polar surface area (TPSA) is 80.9 Å². The number of thiazole rings is 1. The van der Waals surface area contributed by atoms with Gasteiger partial charge in [0.2, 0.25) is 0 Å². The molecular weight excluding hydrogens is 403 g/mol. The van der Waals surface area contributed by atoms with E-state index < -0.39 is 11.8 Å². The van der Waals surface area contributed by atoms with Gasteiger partial charge in [-0.05, 0) is 35.7 Å². The van der Waals surface area contributed by atoms with E-state index in [1.54, 1.807) is 18.7 Å². The molecule has 2 aromatic carbocycles. The van der Waals surface area contributed by atoms with E-state index in [-0.39, 0.29) is 11.6 Å². The van der Waals surface area contributed by atoms with Crippen molar-refractivity contribution in [2.24, 2.45) is 5.92 Å². The Kier molecular flexibility index (Phi) is 5.59. The molecule has 154 valence electrons. The maximum atomic E-state index is 14.1. The molecule has 4 aromatic rings. The molecule has 0 amide bonds. The summed E-state index contributed by atoms with van der Waals surface area (Å²) in [7, 11) is 0. The van der Waals surface area contributed by atoms with Crippen LogP contribution in [0.25, 0.3) is 20.8 Å². The quantitative estimate of drug-likeness (QED) is 0.429. The number of hydrogen-bond acceptors (Lipinski definition) is 5. The van der Waals surface area contributed by atoms with Crippen LogP contribution in [0.3, 0.4) is 0 Å². The van der Waals surface area contributed by atoms with Crippen LogP contribution < -0.4 is 0 Å². The second-order valence-corrected chi connectivity index (χ2v) is 8.17. The van der Waals surface area contributed by atoms with Crippen LogP contribution in [0, 0.1) is 11.7 Å². The van der Waals surface area contributed by atoms with Crippen molar-refractivity contribution in [2.45, 2.75) is 32.7 Å². The zero-order valence-electron chi connectivity index (χ0n) is 16.6. The van der Waals surface area contributed by atoms with Crippen LogP contribution in [0.5, 0.6) is 0 Å². The minimum atomic E-state index is -1.28. The molecule has 0 aliphatic carbocycles. The van der Waals surface area contributed by atoms with Crippen LogP contribution in [0.4, 0.5) is 4.39 Å². The summed E-state index contributed by atoms with van der Waals surface area (Å²) in [5.74, 6) is -1.64. The number of carbonyl (C=O) groups is 1. The Labute approximate surface area is 177 Å². The maximum absolute atomic E-state index is 14.1. The fourth-order valence-electron chi connectivity index (χ4n) is 3.81. The average molecular weight is 425 g/mol. The molecule has 30 heavy (non-hydrogen) atoms. The average Bonchev–Trinajstić information content (AvgIpc) is 3.40. The van der Waals surface area contributed by atoms with E-state index in [0.717, 1.165) is 28.6 Å². The van der Waals surface area contributed by atoms with Crippen LogP contribution in [0.1, 0.15) is 48.7 Å². The van der Waals surface area contributed by atoms with Gasteiger partial charge in [0.1, 0.15) is 23.5 Å². The van der Waals surface area contributed by atoms with Gasteiger partial charge >= 0.3 is 5.97 Å². The van der Waals surface area contributed by atoms with Gasteiger partial charge in [0.25, 0.3) is 0 Å². The van der Waals surface area contributed by atoms with E-state index in [1.807, 2.05) is 10.7 Å². The number of aromatic nitrogens is 4. The van der Waals surface area contributed by atoms with Crippen molar-refractivity contribution in [2.75, 3.05) is 0 Å². The lowest BCUT2D eigenvalue weighted by Crippen LogP contribution is -2.20. The van der Waals surface area contributed by atoms with E-state index >= 15 is 0 Å². The Morgan fingerprint density at radius 1 is 1.20 bits per heavy atom. The number of carboxylic acid groups (broad SMARTS) is 1. The van der Waals surface area contributed by atoms with Gasteiger partial charge in [-0.3, -0.25) is 0 Å². The molecule has 0 saturated heterocycles. The Hall–Kier alpha value is -3.13. The van der Waals surface area contributed by atoms with Crippen molar-refractivity contribution in [3.8, 4) is 10.6 Å². The number of nitrogens with zero attached hydrogens (tertiary/aromatic N) is 4. The molecule has 2 aromatic heterocycles. The van der Waals surface area contributed by atoms with Crippen LogP contribution in [0.15, 0.2) is 49.1 Å². The first kappa shape index (κ1) is 20.2. The minimum Gasteiger partial charge on any atom is -0.478 e. The van der Waals surface area contributed by atoms with E-state index in [1.165, 1.54) is 23.5 Å². The SMILES string of the molecule is CCC(CC)C(c1ccc2nc(-c3ccc(C(=O)O)c(F)c3)sc2c1)n1cncn1. The number of benzene rings is 2. The molecular formula is C22H21FN4O2S. The minimum absolute atomic E-state index is 0.0738. The standard InChI is InChI=1S/C22H21FN4O2S/c1-3-13(4-2)20(27-12-24-11-25-27)14-6-8-18-19(10-14)30-21(26-18)15-5-7-16(22(28)29)17(23)9-15/h5-13,20H,3-4H2,1-2H3,(H,28,29). The number of halogens is 1. The smallest absolute Gasteiger partial charge is 0.338 e. The Bertz CT molecular complexity index is 1190. The predicted molar refractivity (Wildman–Crippen MR) is 114 cm³/mol. The third-order valence-corrected chi connectivity index (χ3v) is 6.48. The molecule has 0 bridgehead atoms. The molecule has 1 atom stereocenters. The van der Waals surface area contributed by atoms with E-state index in [0.29, 0.717) is 16.5 Å². The molecule has 0 saturated carbocycles. The molecule has 0 spiro atoms. The van der Waals surface area contributed by atoms with Gasteiger partial charge < -0.3 is 5.11 Å². The van der Waals surface area contributed by atoms with Crippen molar-refractivity contribution in [1.82, 2.24) is 19.7 Å². The zero-order valence-corrected chi connectivity index (χ0v) is 17.4. The van der Waals surface area contributed by atoms with Crippen LogP contribution in [-0.4, -0.2) is 30.8 Å². The normalized spacial score (nSPS) is 12.5. The van der Waals surface area contributed by atoms with Gasteiger partial charge in [-0.1, -0.05) is 38.8 Å². The summed E-state index contributed by atoms with van der Waals surface area (Å²) in [6.45, 7) is 4.35. The van der Waals surface area contributed by atoms with Crippen molar-refractivity contribution in [3.63, 3.8) is 0 Å². The van der Waals surface area contributed by atoms with E-state index in [4.69, 9.17) is 5.11 Å². The largest absolute Gasteiger partial charge is 0.478 e. The first-order chi connectivity index (χ1) is 14.5. The maximum Gasteiger partial charge on any atom is 0.338 e. The predicted octanol–water partition coefficient (Wildman–Crippen LogP) is 5.42. The second kappa shape index (κ2) is 8.31. The van der Waals surface area contributed by atoms with Crippen LogP contribution in [-0.2, 0) is 0 Å². The molecule has 6 nitrogen and oxygen atoms in total. The molecule has 0 radical (unpaired) electrons. The molecule has 0 fully saturated rings. The highest BCUT2D eigenvalue weighted by molar-refractivity contribution is 7.21. The highest BCUT2D eigenvalue weighted by Crippen LogP contribution is 2.36. The first-order valence-corrected chi connectivity index (χ1v) is 10.6. The molecule has 0 aliphatic rings. The summed E-state index contributed by atoms with van der Waals surface area (Å²) >= 11 is 1.46. The van der Waals surface area contributed by atoms with Crippen molar-refractivity contribution >= 4 is 27.5 Å². The molecule has 4 rings (SSSR count). The Balaban J connectivity index is 1.75.